The number of anilines is 1. The van der Waals surface area contributed by atoms with Gasteiger partial charge in [-0.3, -0.25) is 5.73 Å². The highest BCUT2D eigenvalue weighted by molar-refractivity contribution is 7.85. The normalized spacial score (nSPS) is 10.5. The molecule has 6 heteroatoms. The Labute approximate surface area is 113 Å². The van der Waals surface area contributed by atoms with Gasteiger partial charge in [0.2, 0.25) is 0 Å². The van der Waals surface area contributed by atoms with E-state index in [4.69, 9.17) is 5.73 Å². The van der Waals surface area contributed by atoms with Gasteiger partial charge in [-0.1, -0.05) is 23.8 Å². The van der Waals surface area contributed by atoms with Crippen LogP contribution in [0.5, 0.6) is 0 Å². The van der Waals surface area contributed by atoms with E-state index in [2.05, 4.69) is 0 Å². The van der Waals surface area contributed by atoms with Crippen LogP contribution in [-0.4, -0.2) is 13.0 Å². The van der Waals surface area contributed by atoms with E-state index >= 15 is 0 Å². The van der Waals surface area contributed by atoms with E-state index < -0.39 is 10.1 Å². The summed E-state index contributed by atoms with van der Waals surface area (Å²) in [7, 11) is -2.36. The molecule has 102 valence electrons. The number of nitrogens with two attached hydrogens (primary N) is 1. The second-order valence-corrected chi connectivity index (χ2v) is 5.38. The Bertz CT molecular complexity index is 616. The van der Waals surface area contributed by atoms with E-state index in [1.165, 1.54) is 12.1 Å². The van der Waals surface area contributed by atoms with E-state index in [1.807, 2.05) is 42.9 Å². The molecule has 0 saturated carbocycles. The van der Waals surface area contributed by atoms with E-state index in [0.29, 0.717) is 0 Å². The molecule has 2 rings (SSSR count). The first kappa shape index (κ1) is 15.1. The summed E-state index contributed by atoms with van der Waals surface area (Å²) in [6.07, 6.45) is 1.91. The van der Waals surface area contributed by atoms with Crippen LogP contribution < -0.4 is 10.3 Å². The topological polar surface area (TPSA) is 87.1 Å². The Balaban J connectivity index is 0.000000200. The van der Waals surface area contributed by atoms with Gasteiger partial charge in [-0.2, -0.15) is 0 Å². The van der Waals surface area contributed by atoms with Crippen LogP contribution in [0.3, 0.4) is 0 Å². The molecule has 0 amide bonds. The monoisotopic (exact) mass is 280 g/mol. The molecule has 0 atom stereocenters. The first-order valence-corrected chi connectivity index (χ1v) is 6.94. The molecule has 0 aliphatic rings. The molecule has 0 radical (unpaired) electrons. The highest BCUT2D eigenvalue weighted by Gasteiger charge is 1.97. The summed E-state index contributed by atoms with van der Waals surface area (Å²) in [6, 6.07) is 11.5. The minimum absolute atomic E-state index is 0.178. The molecule has 2 N–H and O–H groups in total. The van der Waals surface area contributed by atoms with Crippen molar-refractivity contribution in [3.05, 3.63) is 54.2 Å². The van der Waals surface area contributed by atoms with E-state index in [1.54, 1.807) is 12.1 Å². The smallest absolute Gasteiger partial charge is 0.271 e. The van der Waals surface area contributed by atoms with Gasteiger partial charge in [0.05, 0.1) is 18.1 Å². The van der Waals surface area contributed by atoms with Crippen molar-refractivity contribution >= 4 is 15.9 Å². The van der Waals surface area contributed by atoms with Gasteiger partial charge in [0.15, 0.2) is 0 Å². The van der Waals surface area contributed by atoms with Crippen molar-refractivity contribution in [3.8, 4) is 0 Å². The van der Waals surface area contributed by atoms with Crippen LogP contribution in [0.4, 0.5) is 5.82 Å². The lowest BCUT2D eigenvalue weighted by Gasteiger charge is -2.05. The van der Waals surface area contributed by atoms with Gasteiger partial charge >= 0.3 is 0 Å². The lowest BCUT2D eigenvalue weighted by Crippen LogP contribution is -2.30. The molecule has 0 fully saturated rings. The van der Waals surface area contributed by atoms with Crippen LogP contribution in [0.2, 0.25) is 0 Å². The fourth-order valence-corrected chi connectivity index (χ4v) is 1.71. The second-order valence-electron chi connectivity index (χ2n) is 4.00. The summed E-state index contributed by atoms with van der Waals surface area (Å²) in [5.41, 5.74) is 6.41. The molecular formula is C13H16N2O3S. The minimum atomic E-state index is -4.27. The van der Waals surface area contributed by atoms with Gasteiger partial charge in [-0.25, -0.2) is 13.0 Å². The summed E-state index contributed by atoms with van der Waals surface area (Å²) in [5.74, 6) is 0.785. The lowest BCUT2D eigenvalue weighted by molar-refractivity contribution is -0.656. The number of hydrogen-bond acceptors (Lipinski definition) is 4. The summed E-state index contributed by atoms with van der Waals surface area (Å²) in [4.78, 5) is -0.178. The minimum Gasteiger partial charge on any atom is -0.744 e. The van der Waals surface area contributed by atoms with Gasteiger partial charge in [-0.15, -0.1) is 0 Å². The van der Waals surface area contributed by atoms with Gasteiger partial charge in [0.25, 0.3) is 5.82 Å². The van der Waals surface area contributed by atoms with Crippen LogP contribution in [0.15, 0.2) is 53.6 Å². The van der Waals surface area contributed by atoms with Crippen LogP contribution in [0.25, 0.3) is 0 Å². The summed E-state index contributed by atoms with van der Waals surface area (Å²) in [6.45, 7) is 1.82. The van der Waals surface area contributed by atoms with Crippen molar-refractivity contribution in [2.75, 3.05) is 5.73 Å². The molecule has 1 heterocycles. The average Bonchev–Trinajstić information content (AvgIpc) is 2.33. The molecule has 0 saturated heterocycles. The molecule has 0 bridgehead atoms. The fraction of sp³-hybridized carbons (Fsp3) is 0.154. The molecule has 19 heavy (non-hydrogen) atoms. The molecule has 2 aromatic rings. The fourth-order valence-electron chi connectivity index (χ4n) is 1.24. The molecule has 0 spiro atoms. The molecular weight excluding hydrogens is 264 g/mol. The van der Waals surface area contributed by atoms with Gasteiger partial charge in [0.1, 0.15) is 10.1 Å². The third kappa shape index (κ3) is 5.07. The number of rotatable bonds is 1. The third-order valence-electron chi connectivity index (χ3n) is 2.40. The highest BCUT2D eigenvalue weighted by atomic mass is 32.2. The van der Waals surface area contributed by atoms with Crippen molar-refractivity contribution in [2.24, 2.45) is 7.05 Å². The van der Waals surface area contributed by atoms with E-state index in [9.17, 15) is 13.0 Å². The van der Waals surface area contributed by atoms with Gasteiger partial charge in [0, 0.05) is 6.07 Å². The Hall–Kier alpha value is -1.92. The third-order valence-corrected chi connectivity index (χ3v) is 3.25. The Morgan fingerprint density at radius 1 is 1.11 bits per heavy atom. The molecule has 1 aromatic heterocycles. The number of aryl methyl sites for hydroxylation is 2. The SMILES string of the molecule is C[n+]1ccccc1N.Cc1ccc(S(=O)(=O)[O-])cc1. The molecule has 5 nitrogen and oxygen atoms in total. The number of nitrogens with zero attached hydrogens (tertiary/aromatic N) is 1. The summed E-state index contributed by atoms with van der Waals surface area (Å²) < 4.78 is 33.0. The van der Waals surface area contributed by atoms with Gasteiger partial charge in [-0.05, 0) is 25.1 Å². The maximum atomic E-state index is 10.4. The summed E-state index contributed by atoms with van der Waals surface area (Å²) in [5, 5.41) is 0. The van der Waals surface area contributed by atoms with Crippen molar-refractivity contribution in [1.82, 2.24) is 0 Å². The largest absolute Gasteiger partial charge is 0.744 e. The molecule has 0 aliphatic carbocycles. The Morgan fingerprint density at radius 3 is 2.05 bits per heavy atom. The Morgan fingerprint density at radius 2 is 1.68 bits per heavy atom. The zero-order chi connectivity index (χ0) is 14.5. The van der Waals surface area contributed by atoms with E-state index in [-0.39, 0.29) is 4.90 Å². The number of aromatic nitrogens is 1. The maximum absolute atomic E-state index is 10.4. The number of nitrogen functional groups attached to an aromatic ring is 1. The van der Waals surface area contributed by atoms with Gasteiger partial charge < -0.3 is 4.55 Å². The first-order chi connectivity index (χ1) is 8.80. The van der Waals surface area contributed by atoms with Crippen molar-refractivity contribution in [2.45, 2.75) is 11.8 Å². The summed E-state index contributed by atoms with van der Waals surface area (Å²) >= 11 is 0. The second kappa shape index (κ2) is 6.31. The molecule has 0 unspecified atom stereocenters. The van der Waals surface area contributed by atoms with Crippen LogP contribution in [-0.2, 0) is 17.2 Å². The predicted octanol–water partition coefficient (Wildman–Crippen LogP) is 0.992. The molecule has 0 aliphatic heterocycles. The standard InChI is InChI=1S/C7H8O3S.C6H8N2/c1-6-2-4-7(5-3-6)11(8,9)10;1-8-5-3-2-4-6(8)7/h2-5H,1H3,(H,8,9,10);2-5,7H,1H3. The highest BCUT2D eigenvalue weighted by Crippen LogP contribution is 2.08. The maximum Gasteiger partial charge on any atom is 0.271 e. The van der Waals surface area contributed by atoms with Crippen LogP contribution >= 0.6 is 0 Å². The average molecular weight is 280 g/mol. The van der Waals surface area contributed by atoms with Crippen LogP contribution in [0.1, 0.15) is 5.56 Å². The first-order valence-electron chi connectivity index (χ1n) is 5.53. The predicted molar refractivity (Wildman–Crippen MR) is 71.2 cm³/mol. The number of hydrogen-bond donors (Lipinski definition) is 1. The zero-order valence-corrected chi connectivity index (χ0v) is 11.6. The van der Waals surface area contributed by atoms with Crippen molar-refractivity contribution in [1.29, 1.82) is 0 Å². The lowest BCUT2D eigenvalue weighted by atomic mass is 10.2. The molecule has 1 aromatic carbocycles. The van der Waals surface area contributed by atoms with Crippen LogP contribution in [0, 0.1) is 6.92 Å². The number of pyridine rings is 1. The Kier molecular flexibility index (Phi) is 5.02. The van der Waals surface area contributed by atoms with E-state index in [0.717, 1.165) is 11.4 Å². The quantitative estimate of drug-likeness (QED) is 0.623. The number of benzene rings is 1. The zero-order valence-electron chi connectivity index (χ0n) is 10.8. The van der Waals surface area contributed by atoms with Crippen molar-refractivity contribution in [3.63, 3.8) is 0 Å². The van der Waals surface area contributed by atoms with Crippen molar-refractivity contribution < 1.29 is 17.5 Å².